The van der Waals surface area contributed by atoms with E-state index in [0.717, 1.165) is 17.9 Å². The van der Waals surface area contributed by atoms with Gasteiger partial charge in [0.1, 0.15) is 0 Å². The van der Waals surface area contributed by atoms with Crippen LogP contribution in [0.15, 0.2) is 0 Å². The van der Waals surface area contributed by atoms with Gasteiger partial charge in [-0.15, -0.1) is 0 Å². The van der Waals surface area contributed by atoms with Gasteiger partial charge in [0.15, 0.2) is 0 Å². The van der Waals surface area contributed by atoms with Gasteiger partial charge in [-0.2, -0.15) is 0 Å². The predicted octanol–water partition coefficient (Wildman–Crippen LogP) is 3.34. The maximum Gasteiger partial charge on any atom is 0.00982 e. The van der Waals surface area contributed by atoms with E-state index in [4.69, 9.17) is 0 Å². The predicted molar refractivity (Wildman–Crippen MR) is 63.8 cm³/mol. The second-order valence-corrected chi connectivity index (χ2v) is 6.37. The van der Waals surface area contributed by atoms with Gasteiger partial charge in [-0.3, -0.25) is 0 Å². The zero-order chi connectivity index (χ0) is 10.3. The quantitative estimate of drug-likeness (QED) is 0.745. The molecule has 15 heavy (non-hydrogen) atoms. The molecule has 3 saturated carbocycles. The van der Waals surface area contributed by atoms with Crippen LogP contribution in [0.3, 0.4) is 0 Å². The molecule has 1 nitrogen and oxygen atoms in total. The Balaban J connectivity index is 1.50. The minimum atomic E-state index is 0.710. The molecule has 3 aliphatic rings. The third-order valence-corrected chi connectivity index (χ3v) is 5.64. The number of nitrogens with one attached hydrogen (secondary N) is 1. The van der Waals surface area contributed by atoms with Crippen molar-refractivity contribution < 1.29 is 0 Å². The van der Waals surface area contributed by atoms with Crippen molar-refractivity contribution in [1.29, 1.82) is 0 Å². The van der Waals surface area contributed by atoms with E-state index >= 15 is 0 Å². The molecule has 0 heterocycles. The summed E-state index contributed by atoms with van der Waals surface area (Å²) in [5.74, 6) is 2.13. The van der Waals surface area contributed by atoms with E-state index in [9.17, 15) is 0 Å². The van der Waals surface area contributed by atoms with E-state index < -0.39 is 0 Å². The highest BCUT2D eigenvalue weighted by molar-refractivity contribution is 4.96. The van der Waals surface area contributed by atoms with E-state index in [1.807, 2.05) is 0 Å². The maximum atomic E-state index is 3.91. The van der Waals surface area contributed by atoms with Crippen LogP contribution in [-0.2, 0) is 0 Å². The summed E-state index contributed by atoms with van der Waals surface area (Å²) in [6.45, 7) is 3.69. The highest BCUT2D eigenvalue weighted by Gasteiger charge is 2.41. The smallest absolute Gasteiger partial charge is 0.00982 e. The molecule has 0 aromatic rings. The molecule has 0 aromatic heterocycles. The number of fused-ring (bicyclic) bond motifs is 2. The minimum Gasteiger partial charge on any atom is -0.313 e. The van der Waals surface area contributed by atoms with Gasteiger partial charge in [0, 0.05) is 12.6 Å². The lowest BCUT2D eigenvalue weighted by molar-refractivity contribution is 0.114. The highest BCUT2D eigenvalue weighted by atomic mass is 14.9. The van der Waals surface area contributed by atoms with Crippen molar-refractivity contribution in [2.45, 2.75) is 64.3 Å². The molecule has 1 N–H and O–H groups in total. The molecule has 2 bridgehead atoms. The van der Waals surface area contributed by atoms with Gasteiger partial charge in [-0.05, 0) is 55.8 Å². The first-order chi connectivity index (χ1) is 7.31. The molecular weight excluding hydrogens is 182 g/mol. The molecule has 3 atom stereocenters. The van der Waals surface area contributed by atoms with Crippen molar-refractivity contribution >= 4 is 0 Å². The van der Waals surface area contributed by atoms with Crippen LogP contribution in [0.1, 0.15) is 58.3 Å². The van der Waals surface area contributed by atoms with E-state index in [-0.39, 0.29) is 0 Å². The summed E-state index contributed by atoms with van der Waals surface area (Å²) < 4.78 is 0. The molecule has 3 rings (SSSR count). The van der Waals surface area contributed by atoms with Crippen LogP contribution in [-0.4, -0.2) is 12.6 Å². The SMILES string of the molecule is CCC1(CNC2CC3CCC2C3)CCC1. The molecule has 0 aliphatic heterocycles. The van der Waals surface area contributed by atoms with Crippen LogP contribution < -0.4 is 5.32 Å². The molecule has 0 spiro atoms. The monoisotopic (exact) mass is 207 g/mol. The first kappa shape index (κ1) is 10.1. The highest BCUT2D eigenvalue weighted by Crippen LogP contribution is 2.46. The number of rotatable bonds is 4. The molecule has 0 amide bonds. The molecule has 0 radical (unpaired) electrons. The van der Waals surface area contributed by atoms with Gasteiger partial charge < -0.3 is 5.32 Å². The summed E-state index contributed by atoms with van der Waals surface area (Å²) in [7, 11) is 0. The zero-order valence-corrected chi connectivity index (χ0v) is 10.1. The fourth-order valence-corrected chi connectivity index (χ4v) is 4.17. The second-order valence-electron chi connectivity index (χ2n) is 6.37. The largest absolute Gasteiger partial charge is 0.313 e. The van der Waals surface area contributed by atoms with Crippen LogP contribution >= 0.6 is 0 Å². The Labute approximate surface area is 94.0 Å². The Morgan fingerprint density at radius 1 is 1.20 bits per heavy atom. The molecule has 0 aromatic carbocycles. The number of hydrogen-bond acceptors (Lipinski definition) is 1. The van der Waals surface area contributed by atoms with Crippen LogP contribution in [0.2, 0.25) is 0 Å². The fourth-order valence-electron chi connectivity index (χ4n) is 4.17. The lowest BCUT2D eigenvalue weighted by atomic mass is 9.67. The lowest BCUT2D eigenvalue weighted by Gasteiger charge is -2.43. The molecule has 0 saturated heterocycles. The normalized spacial score (nSPS) is 41.8. The molecule has 3 fully saturated rings. The van der Waals surface area contributed by atoms with Crippen LogP contribution in [0, 0.1) is 17.3 Å². The van der Waals surface area contributed by atoms with Crippen LogP contribution in [0.4, 0.5) is 0 Å². The molecule has 3 aliphatic carbocycles. The molecular formula is C14H25N. The first-order valence-electron chi connectivity index (χ1n) is 7.05. The average Bonchev–Trinajstić information content (AvgIpc) is 2.78. The summed E-state index contributed by atoms with van der Waals surface area (Å²) in [6, 6.07) is 0.896. The number of hydrogen-bond donors (Lipinski definition) is 1. The van der Waals surface area contributed by atoms with Crippen LogP contribution in [0.5, 0.6) is 0 Å². The van der Waals surface area contributed by atoms with Gasteiger partial charge in [0.05, 0.1) is 0 Å². The van der Waals surface area contributed by atoms with E-state index in [1.54, 1.807) is 0 Å². The standard InChI is InChI=1S/C14H25N/c1-2-14(6-3-7-14)10-15-13-9-11-4-5-12(13)8-11/h11-13,15H,2-10H2,1H3. The summed E-state index contributed by atoms with van der Waals surface area (Å²) in [5, 5.41) is 3.91. The summed E-state index contributed by atoms with van der Waals surface area (Å²) in [4.78, 5) is 0. The fraction of sp³-hybridized carbons (Fsp3) is 1.00. The third kappa shape index (κ3) is 1.73. The second kappa shape index (κ2) is 3.76. The van der Waals surface area contributed by atoms with Gasteiger partial charge in [0.25, 0.3) is 0 Å². The minimum absolute atomic E-state index is 0.710. The summed E-state index contributed by atoms with van der Waals surface area (Å²) in [6.07, 6.45) is 11.9. The van der Waals surface area contributed by atoms with Crippen molar-refractivity contribution in [2.24, 2.45) is 17.3 Å². The maximum absolute atomic E-state index is 3.91. The Hall–Kier alpha value is -0.0400. The van der Waals surface area contributed by atoms with E-state index in [1.165, 1.54) is 57.9 Å². The Morgan fingerprint density at radius 2 is 2.07 bits per heavy atom. The summed E-state index contributed by atoms with van der Waals surface area (Å²) >= 11 is 0. The van der Waals surface area contributed by atoms with Crippen LogP contribution in [0.25, 0.3) is 0 Å². The average molecular weight is 207 g/mol. The van der Waals surface area contributed by atoms with Crippen molar-refractivity contribution in [1.82, 2.24) is 5.32 Å². The van der Waals surface area contributed by atoms with E-state index in [2.05, 4.69) is 12.2 Å². The molecule has 1 heteroatoms. The molecule has 3 unspecified atom stereocenters. The Bertz CT molecular complexity index is 226. The van der Waals surface area contributed by atoms with Crippen molar-refractivity contribution in [3.63, 3.8) is 0 Å². The van der Waals surface area contributed by atoms with Gasteiger partial charge in [-0.1, -0.05) is 19.8 Å². The topological polar surface area (TPSA) is 12.0 Å². The first-order valence-corrected chi connectivity index (χ1v) is 7.05. The Kier molecular flexibility index (Phi) is 2.54. The van der Waals surface area contributed by atoms with Gasteiger partial charge in [0.2, 0.25) is 0 Å². The summed E-state index contributed by atoms with van der Waals surface area (Å²) in [5.41, 5.74) is 0.710. The van der Waals surface area contributed by atoms with E-state index in [0.29, 0.717) is 5.41 Å². The zero-order valence-electron chi connectivity index (χ0n) is 10.1. The van der Waals surface area contributed by atoms with Crippen molar-refractivity contribution in [3.05, 3.63) is 0 Å². The lowest BCUT2D eigenvalue weighted by Crippen LogP contribution is -2.45. The van der Waals surface area contributed by atoms with Gasteiger partial charge in [-0.25, -0.2) is 0 Å². The molecule has 86 valence electrons. The van der Waals surface area contributed by atoms with Crippen molar-refractivity contribution in [3.8, 4) is 0 Å². The van der Waals surface area contributed by atoms with Crippen molar-refractivity contribution in [2.75, 3.05) is 6.54 Å². The van der Waals surface area contributed by atoms with Gasteiger partial charge >= 0.3 is 0 Å². The Morgan fingerprint density at radius 3 is 2.53 bits per heavy atom. The third-order valence-electron chi connectivity index (χ3n) is 5.64.